The third-order valence-electron chi connectivity index (χ3n) is 4.31. The molecule has 0 saturated carbocycles. The Morgan fingerprint density at radius 2 is 1.71 bits per heavy atom. The highest BCUT2D eigenvalue weighted by atomic mass is 127. The van der Waals surface area contributed by atoms with E-state index in [4.69, 9.17) is 16.3 Å². The lowest BCUT2D eigenvalue weighted by Gasteiger charge is -2.04. The number of hydrazone groups is 1. The van der Waals surface area contributed by atoms with Crippen LogP contribution < -0.4 is 10.2 Å². The highest BCUT2D eigenvalue weighted by molar-refractivity contribution is 14.1. The molecule has 0 atom stereocenters. The van der Waals surface area contributed by atoms with Crippen LogP contribution in [0, 0.1) is 3.57 Å². The van der Waals surface area contributed by atoms with Crippen molar-refractivity contribution in [2.75, 3.05) is 0 Å². The highest BCUT2D eigenvalue weighted by Gasteiger charge is 2.18. The Morgan fingerprint density at radius 3 is 2.45 bits per heavy atom. The second-order valence-electron chi connectivity index (χ2n) is 6.38. The molecule has 1 amide bonds. The van der Waals surface area contributed by atoms with Crippen molar-refractivity contribution >= 4 is 73.7 Å². The van der Waals surface area contributed by atoms with E-state index in [0.717, 1.165) is 19.2 Å². The summed E-state index contributed by atoms with van der Waals surface area (Å²) in [5, 5.41) is 5.22. The number of rotatable bonds is 5. The molecule has 5 nitrogen and oxygen atoms in total. The third-order valence-corrected chi connectivity index (χ3v) is 6.91. The molecule has 4 aromatic rings. The Balaban J connectivity index is 1.39. The number of carbonyl (C=O) groups is 2. The number of thiophene rings is 1. The summed E-state index contributed by atoms with van der Waals surface area (Å²) in [5.41, 5.74) is 3.80. The summed E-state index contributed by atoms with van der Waals surface area (Å²) >= 11 is 9.74. The van der Waals surface area contributed by atoms with E-state index in [1.54, 1.807) is 36.4 Å². The summed E-state index contributed by atoms with van der Waals surface area (Å²) in [6, 6.07) is 21.6. The van der Waals surface area contributed by atoms with Crippen molar-refractivity contribution in [3.8, 4) is 5.75 Å². The number of nitrogens with one attached hydrogen (secondary N) is 1. The number of ether oxygens (including phenoxy) is 1. The van der Waals surface area contributed by atoms with E-state index in [-0.39, 0.29) is 5.91 Å². The monoisotopic (exact) mass is 560 g/mol. The van der Waals surface area contributed by atoms with Crippen LogP contribution in [-0.2, 0) is 0 Å². The molecule has 0 fully saturated rings. The molecule has 0 aliphatic carbocycles. The normalized spacial score (nSPS) is 11.0. The summed E-state index contributed by atoms with van der Waals surface area (Å²) in [6.45, 7) is 0. The quantitative estimate of drug-likeness (QED) is 0.105. The van der Waals surface area contributed by atoms with Gasteiger partial charge in [0.1, 0.15) is 10.6 Å². The second-order valence-corrected chi connectivity index (χ2v) is 8.97. The predicted octanol–water partition coefficient (Wildman–Crippen LogP) is 6.14. The highest BCUT2D eigenvalue weighted by Crippen LogP contribution is 2.35. The number of hydrogen-bond acceptors (Lipinski definition) is 5. The number of fused-ring (bicyclic) bond motifs is 1. The number of benzene rings is 3. The zero-order valence-electron chi connectivity index (χ0n) is 15.8. The van der Waals surface area contributed by atoms with Crippen molar-refractivity contribution < 1.29 is 14.3 Å². The fourth-order valence-corrected chi connectivity index (χ4v) is 4.81. The van der Waals surface area contributed by atoms with Crippen LogP contribution in [0.15, 0.2) is 77.9 Å². The fourth-order valence-electron chi connectivity index (χ4n) is 2.79. The summed E-state index contributed by atoms with van der Waals surface area (Å²) in [6.07, 6.45) is 1.52. The maximum atomic E-state index is 12.5. The van der Waals surface area contributed by atoms with E-state index in [1.165, 1.54) is 17.6 Å². The minimum atomic E-state index is -0.502. The number of nitrogens with zero attached hydrogens (tertiary/aromatic N) is 1. The van der Waals surface area contributed by atoms with Gasteiger partial charge in [0.25, 0.3) is 5.91 Å². The van der Waals surface area contributed by atoms with Crippen molar-refractivity contribution in [1.82, 2.24) is 5.43 Å². The van der Waals surface area contributed by atoms with Crippen molar-refractivity contribution in [2.24, 2.45) is 5.10 Å². The number of esters is 1. The fraction of sp³-hybridized carbons (Fsp3) is 0. The van der Waals surface area contributed by atoms with E-state index in [0.29, 0.717) is 21.2 Å². The van der Waals surface area contributed by atoms with Gasteiger partial charge in [0.2, 0.25) is 0 Å². The van der Waals surface area contributed by atoms with E-state index in [1.807, 2.05) is 36.4 Å². The van der Waals surface area contributed by atoms with E-state index in [2.05, 4.69) is 33.1 Å². The Bertz CT molecular complexity index is 1300. The predicted molar refractivity (Wildman–Crippen MR) is 132 cm³/mol. The number of carbonyl (C=O) groups excluding carboxylic acids is 2. The first-order valence-corrected chi connectivity index (χ1v) is 11.4. The lowest BCUT2D eigenvalue weighted by Crippen LogP contribution is -2.18. The standard InChI is InChI=1S/C23H14ClIN2O3S/c24-20-17-6-2-4-8-19(17)31-21(20)23(29)30-15-11-9-14(10-12-15)13-26-27-22(28)16-5-1-3-7-18(16)25/h1-13H,(H,27,28). The first-order valence-electron chi connectivity index (χ1n) is 9.10. The molecule has 31 heavy (non-hydrogen) atoms. The van der Waals surface area contributed by atoms with Crippen LogP contribution in [0.25, 0.3) is 10.1 Å². The minimum absolute atomic E-state index is 0.285. The molecular weight excluding hydrogens is 547 g/mol. The van der Waals surface area contributed by atoms with Crippen molar-refractivity contribution in [1.29, 1.82) is 0 Å². The van der Waals surface area contributed by atoms with Crippen molar-refractivity contribution in [2.45, 2.75) is 0 Å². The Labute approximate surface area is 200 Å². The molecule has 0 aliphatic rings. The minimum Gasteiger partial charge on any atom is -0.422 e. The van der Waals surface area contributed by atoms with Gasteiger partial charge in [0.15, 0.2) is 0 Å². The molecular formula is C23H14ClIN2O3S. The average molecular weight is 561 g/mol. The summed E-state index contributed by atoms with van der Waals surface area (Å²) in [4.78, 5) is 25.1. The first kappa shape index (κ1) is 21.5. The number of halogens is 2. The largest absolute Gasteiger partial charge is 0.422 e. The van der Waals surface area contributed by atoms with E-state index in [9.17, 15) is 9.59 Å². The van der Waals surface area contributed by atoms with Gasteiger partial charge >= 0.3 is 5.97 Å². The molecule has 1 N–H and O–H groups in total. The third kappa shape index (κ3) is 4.95. The molecule has 1 heterocycles. The first-order chi connectivity index (χ1) is 15.0. The summed E-state index contributed by atoms with van der Waals surface area (Å²) in [7, 11) is 0. The number of hydrogen-bond donors (Lipinski definition) is 1. The molecule has 4 rings (SSSR count). The second kappa shape index (κ2) is 9.59. The van der Waals surface area contributed by atoms with E-state index < -0.39 is 5.97 Å². The Kier molecular flexibility index (Phi) is 6.64. The molecule has 8 heteroatoms. The molecule has 0 unspecified atom stereocenters. The van der Waals surface area contributed by atoms with Crippen LogP contribution in [-0.4, -0.2) is 18.1 Å². The molecule has 0 spiro atoms. The maximum Gasteiger partial charge on any atom is 0.355 e. The molecule has 3 aromatic carbocycles. The van der Waals surface area contributed by atoms with Gasteiger partial charge in [-0.05, 0) is 70.6 Å². The van der Waals surface area contributed by atoms with Crippen molar-refractivity contribution in [3.63, 3.8) is 0 Å². The summed E-state index contributed by atoms with van der Waals surface area (Å²) in [5.74, 6) is -0.400. The zero-order chi connectivity index (χ0) is 21.8. The van der Waals surface area contributed by atoms with Gasteiger partial charge in [-0.25, -0.2) is 10.2 Å². The summed E-state index contributed by atoms with van der Waals surface area (Å²) < 4.78 is 7.23. The maximum absolute atomic E-state index is 12.5. The zero-order valence-corrected chi connectivity index (χ0v) is 19.6. The van der Waals surface area contributed by atoms with Gasteiger partial charge in [-0.15, -0.1) is 11.3 Å². The molecule has 0 saturated heterocycles. The van der Waals surface area contributed by atoms with Crippen LogP contribution in [0.5, 0.6) is 5.75 Å². The smallest absolute Gasteiger partial charge is 0.355 e. The Hall–Kier alpha value is -2.75. The van der Waals surface area contributed by atoms with Gasteiger partial charge in [-0.1, -0.05) is 41.9 Å². The van der Waals surface area contributed by atoms with Gasteiger partial charge in [-0.3, -0.25) is 4.79 Å². The van der Waals surface area contributed by atoms with Crippen LogP contribution in [0.2, 0.25) is 5.02 Å². The van der Waals surface area contributed by atoms with Crippen LogP contribution in [0.4, 0.5) is 0 Å². The SMILES string of the molecule is O=C(NN=Cc1ccc(OC(=O)c2sc3ccccc3c2Cl)cc1)c1ccccc1I. The lowest BCUT2D eigenvalue weighted by molar-refractivity contribution is 0.0739. The molecule has 1 aromatic heterocycles. The molecule has 0 bridgehead atoms. The van der Waals surface area contributed by atoms with Gasteiger partial charge in [0.05, 0.1) is 16.8 Å². The van der Waals surface area contributed by atoms with Crippen molar-refractivity contribution in [3.05, 3.63) is 97.4 Å². The van der Waals surface area contributed by atoms with Gasteiger partial charge < -0.3 is 4.74 Å². The van der Waals surface area contributed by atoms with Crippen LogP contribution in [0.1, 0.15) is 25.6 Å². The molecule has 0 aliphatic heterocycles. The lowest BCUT2D eigenvalue weighted by atomic mass is 10.2. The molecule has 0 radical (unpaired) electrons. The molecule has 154 valence electrons. The van der Waals surface area contributed by atoms with Crippen LogP contribution in [0.3, 0.4) is 0 Å². The Morgan fingerprint density at radius 1 is 1.00 bits per heavy atom. The average Bonchev–Trinajstić information content (AvgIpc) is 3.12. The number of amides is 1. The van der Waals surface area contributed by atoms with E-state index >= 15 is 0 Å². The topological polar surface area (TPSA) is 67.8 Å². The van der Waals surface area contributed by atoms with Gasteiger partial charge in [-0.2, -0.15) is 5.10 Å². The van der Waals surface area contributed by atoms with Gasteiger partial charge in [0, 0.05) is 13.7 Å². The van der Waals surface area contributed by atoms with Crippen LogP contribution >= 0.6 is 45.5 Å².